The Kier molecular flexibility index (Phi) is 8.21. The number of hydrogen-bond donors (Lipinski definition) is 2. The van der Waals surface area contributed by atoms with Gasteiger partial charge in [-0.2, -0.15) is 0 Å². The zero-order valence-corrected chi connectivity index (χ0v) is 25.0. The van der Waals surface area contributed by atoms with Gasteiger partial charge in [-0.25, -0.2) is 0 Å². The summed E-state index contributed by atoms with van der Waals surface area (Å²) in [5.74, 6) is 0.916. The average molecular weight is 561 g/mol. The van der Waals surface area contributed by atoms with Gasteiger partial charge in [0.15, 0.2) is 0 Å². The molecule has 1 aliphatic heterocycles. The van der Waals surface area contributed by atoms with Crippen molar-refractivity contribution in [3.05, 3.63) is 83.4 Å². The number of benzene rings is 2. The van der Waals surface area contributed by atoms with E-state index < -0.39 is 5.60 Å². The maximum atomic E-state index is 12.0. The molecule has 222 valence electrons. The van der Waals surface area contributed by atoms with Crippen LogP contribution in [0.3, 0.4) is 0 Å². The summed E-state index contributed by atoms with van der Waals surface area (Å²) in [6, 6.07) is 20.7. The van der Waals surface area contributed by atoms with E-state index in [1.54, 1.807) is 0 Å². The van der Waals surface area contributed by atoms with Gasteiger partial charge in [-0.1, -0.05) is 80.6 Å². The van der Waals surface area contributed by atoms with Crippen molar-refractivity contribution in [1.29, 1.82) is 0 Å². The lowest BCUT2D eigenvalue weighted by molar-refractivity contribution is -0.113. The van der Waals surface area contributed by atoms with Crippen molar-refractivity contribution in [1.82, 2.24) is 0 Å². The van der Waals surface area contributed by atoms with Crippen molar-refractivity contribution in [2.75, 3.05) is 13.2 Å². The van der Waals surface area contributed by atoms with Gasteiger partial charge in [0.05, 0.1) is 49.8 Å². The second-order valence-electron chi connectivity index (χ2n) is 13.9. The summed E-state index contributed by atoms with van der Waals surface area (Å²) in [5, 5.41) is 22.0. The molecule has 9 atom stereocenters. The lowest BCUT2D eigenvalue weighted by atomic mass is 9.62. The topological polar surface area (TPSA) is 68.2 Å². The van der Waals surface area contributed by atoms with E-state index in [-0.39, 0.29) is 41.7 Å². The molecule has 0 radical (unpaired) electrons. The van der Waals surface area contributed by atoms with Gasteiger partial charge < -0.3 is 24.4 Å². The molecular formula is C36H48O5. The van der Waals surface area contributed by atoms with E-state index >= 15 is 0 Å². The van der Waals surface area contributed by atoms with Crippen LogP contribution in [-0.4, -0.2) is 46.8 Å². The maximum absolute atomic E-state index is 12.0. The van der Waals surface area contributed by atoms with Crippen LogP contribution in [-0.2, 0) is 27.4 Å². The summed E-state index contributed by atoms with van der Waals surface area (Å²) in [7, 11) is 0. The first-order chi connectivity index (χ1) is 19.7. The second-order valence-corrected chi connectivity index (χ2v) is 13.9. The van der Waals surface area contributed by atoms with E-state index in [2.05, 4.69) is 56.3 Å². The lowest BCUT2D eigenvalue weighted by Crippen LogP contribution is -2.46. The van der Waals surface area contributed by atoms with Crippen LogP contribution in [0, 0.1) is 29.1 Å². The van der Waals surface area contributed by atoms with E-state index in [4.69, 9.17) is 14.2 Å². The van der Waals surface area contributed by atoms with Crippen molar-refractivity contribution < 1.29 is 24.4 Å². The second kappa shape index (κ2) is 11.6. The van der Waals surface area contributed by atoms with Gasteiger partial charge in [0.2, 0.25) is 0 Å². The Hall–Kier alpha value is -2.02. The van der Waals surface area contributed by atoms with Gasteiger partial charge >= 0.3 is 0 Å². The van der Waals surface area contributed by atoms with Crippen LogP contribution in [0.15, 0.2) is 72.3 Å². The number of aliphatic hydroxyl groups excluding tert-OH is 1. The van der Waals surface area contributed by atoms with Gasteiger partial charge in [0, 0.05) is 12.3 Å². The van der Waals surface area contributed by atoms with E-state index in [1.165, 1.54) is 5.57 Å². The Bertz CT molecular complexity index is 1190. The van der Waals surface area contributed by atoms with Gasteiger partial charge in [-0.3, -0.25) is 0 Å². The van der Waals surface area contributed by atoms with Crippen LogP contribution in [0.2, 0.25) is 0 Å². The molecule has 2 saturated carbocycles. The minimum atomic E-state index is -0.832. The third-order valence-electron chi connectivity index (χ3n) is 11.2. The van der Waals surface area contributed by atoms with Gasteiger partial charge in [0.25, 0.3) is 0 Å². The number of hydrogen-bond acceptors (Lipinski definition) is 5. The zero-order valence-electron chi connectivity index (χ0n) is 25.0. The Morgan fingerprint density at radius 1 is 0.902 bits per heavy atom. The van der Waals surface area contributed by atoms with Crippen LogP contribution in [0.25, 0.3) is 0 Å². The van der Waals surface area contributed by atoms with Gasteiger partial charge in [-0.05, 0) is 78.9 Å². The summed E-state index contributed by atoms with van der Waals surface area (Å²) in [4.78, 5) is 0. The average Bonchev–Trinajstić information content (AvgIpc) is 3.53. The highest BCUT2D eigenvalue weighted by Crippen LogP contribution is 2.64. The minimum absolute atomic E-state index is 0.0484. The van der Waals surface area contributed by atoms with Crippen LogP contribution in [0.1, 0.15) is 70.4 Å². The summed E-state index contributed by atoms with van der Waals surface area (Å²) >= 11 is 0. The molecule has 3 aliphatic carbocycles. The van der Waals surface area contributed by atoms with Crippen molar-refractivity contribution in [2.24, 2.45) is 29.1 Å². The molecule has 2 aromatic rings. The SMILES string of the molecule is C[C@H]1C[C@H](CO)O[C@@]12CC[C@]1(C)C[C@H]3[C@@H](/C(COCc4ccccc4)=C\C[C@H]12)[C@@H](OCc1ccccc1)C[C@@]3(C)O. The number of fused-ring (bicyclic) bond motifs is 3. The molecule has 0 aromatic heterocycles. The molecule has 0 amide bonds. The van der Waals surface area contributed by atoms with Crippen molar-refractivity contribution >= 4 is 0 Å². The summed E-state index contributed by atoms with van der Waals surface area (Å²) in [5.41, 5.74) is 2.58. The largest absolute Gasteiger partial charge is 0.394 e. The lowest BCUT2D eigenvalue weighted by Gasteiger charge is -2.46. The first kappa shape index (κ1) is 29.1. The smallest absolute Gasteiger partial charge is 0.0817 e. The van der Waals surface area contributed by atoms with Crippen molar-refractivity contribution in [2.45, 2.75) is 95.9 Å². The molecule has 3 fully saturated rings. The van der Waals surface area contributed by atoms with Crippen molar-refractivity contribution in [3.63, 3.8) is 0 Å². The van der Waals surface area contributed by atoms with Gasteiger partial charge in [0.1, 0.15) is 0 Å². The third kappa shape index (κ3) is 5.57. The van der Waals surface area contributed by atoms with Crippen LogP contribution in [0.4, 0.5) is 0 Å². The first-order valence-corrected chi connectivity index (χ1v) is 15.7. The fraction of sp³-hybridized carbons (Fsp3) is 0.611. The Labute approximate surface area is 245 Å². The van der Waals surface area contributed by atoms with Crippen LogP contribution >= 0.6 is 0 Å². The summed E-state index contributed by atoms with van der Waals surface area (Å²) < 4.78 is 19.8. The maximum Gasteiger partial charge on any atom is 0.0817 e. The first-order valence-electron chi connectivity index (χ1n) is 15.7. The highest BCUT2D eigenvalue weighted by atomic mass is 16.5. The Balaban J connectivity index is 1.32. The fourth-order valence-electron chi connectivity index (χ4n) is 9.10. The Morgan fingerprint density at radius 2 is 1.59 bits per heavy atom. The standard InChI is InChI=1S/C36H48O5/c1-25-18-29(21-37)41-36(25)17-16-34(2)19-30-33(31(20-35(30,3)38)40-23-27-12-8-5-9-13-27)28(14-15-32(34)36)24-39-22-26-10-6-4-7-11-26/h4-14,25,29-33,37-38H,15-24H2,1-3H3/b28-14-/t25-,29+,30-,31-,32+,33+,34+,35+,36-/m0/s1. The molecule has 0 bridgehead atoms. The van der Waals surface area contributed by atoms with E-state index in [1.807, 2.05) is 31.2 Å². The van der Waals surface area contributed by atoms with E-state index in [0.717, 1.165) is 43.2 Å². The van der Waals surface area contributed by atoms with E-state index in [0.29, 0.717) is 38.1 Å². The molecule has 5 heteroatoms. The summed E-state index contributed by atoms with van der Waals surface area (Å²) in [6.45, 7) is 8.50. The number of allylic oxidation sites excluding steroid dienone is 1. The molecule has 2 aromatic carbocycles. The van der Waals surface area contributed by atoms with Gasteiger partial charge in [-0.15, -0.1) is 0 Å². The van der Waals surface area contributed by atoms with Crippen LogP contribution < -0.4 is 0 Å². The monoisotopic (exact) mass is 560 g/mol. The van der Waals surface area contributed by atoms with Crippen LogP contribution in [0.5, 0.6) is 0 Å². The third-order valence-corrected chi connectivity index (χ3v) is 11.2. The number of rotatable bonds is 8. The van der Waals surface area contributed by atoms with E-state index in [9.17, 15) is 10.2 Å². The normalized spacial score (nSPS) is 41.4. The highest BCUT2D eigenvalue weighted by molar-refractivity contribution is 5.24. The molecular weight excluding hydrogens is 512 g/mol. The molecule has 4 aliphatic rings. The Morgan fingerprint density at radius 3 is 2.24 bits per heavy atom. The summed E-state index contributed by atoms with van der Waals surface area (Å²) in [6.07, 6.45) is 7.80. The zero-order chi connectivity index (χ0) is 28.7. The number of ether oxygens (including phenoxy) is 3. The minimum Gasteiger partial charge on any atom is -0.394 e. The molecule has 2 N–H and O–H groups in total. The highest BCUT2D eigenvalue weighted by Gasteiger charge is 2.64. The van der Waals surface area contributed by atoms with Crippen molar-refractivity contribution in [3.8, 4) is 0 Å². The molecule has 0 unspecified atom stereocenters. The molecule has 1 saturated heterocycles. The molecule has 41 heavy (non-hydrogen) atoms. The predicted octanol–water partition coefficient (Wildman–Crippen LogP) is 6.47. The molecule has 6 rings (SSSR count). The fourth-order valence-corrected chi connectivity index (χ4v) is 9.10. The molecule has 1 spiro atoms. The quantitative estimate of drug-likeness (QED) is 0.362. The predicted molar refractivity (Wildman–Crippen MR) is 160 cm³/mol. The molecule has 1 heterocycles. The number of aliphatic hydroxyl groups is 2. The molecule has 5 nitrogen and oxygen atoms in total.